The molecule has 0 N–H and O–H groups in total. The van der Waals surface area contributed by atoms with Crippen LogP contribution < -0.4 is 4.74 Å². The van der Waals surface area contributed by atoms with Gasteiger partial charge in [-0.3, -0.25) is 14.6 Å². The van der Waals surface area contributed by atoms with Gasteiger partial charge in [-0.1, -0.05) is 85.8 Å². The number of benzene rings is 3. The molecule has 1 aliphatic carbocycles. The van der Waals surface area contributed by atoms with Gasteiger partial charge in [0.25, 0.3) is 0 Å². The van der Waals surface area contributed by atoms with Crippen molar-refractivity contribution in [2.24, 2.45) is 10.9 Å². The summed E-state index contributed by atoms with van der Waals surface area (Å²) in [6.45, 7) is 4.56. The van der Waals surface area contributed by atoms with Crippen molar-refractivity contribution in [3.63, 3.8) is 0 Å². The van der Waals surface area contributed by atoms with Crippen molar-refractivity contribution in [1.29, 1.82) is 0 Å². The van der Waals surface area contributed by atoms with E-state index in [1.165, 1.54) is 0 Å². The third kappa shape index (κ3) is 5.33. The Morgan fingerprint density at radius 2 is 1.61 bits per heavy atom. The van der Waals surface area contributed by atoms with E-state index in [9.17, 15) is 9.59 Å². The van der Waals surface area contributed by atoms with E-state index in [1.54, 1.807) is 0 Å². The Hall–Kier alpha value is -3.99. The highest BCUT2D eigenvalue weighted by Crippen LogP contribution is 2.48. The van der Waals surface area contributed by atoms with Crippen molar-refractivity contribution >= 4 is 17.5 Å². The molecule has 0 amide bonds. The Labute approximate surface area is 224 Å². The number of nitrogens with zero attached hydrogens (tertiary/aromatic N) is 1. The fraction of sp³-hybridized carbons (Fsp3) is 0.303. The molecule has 1 heterocycles. The van der Waals surface area contributed by atoms with Gasteiger partial charge in [-0.05, 0) is 42.9 Å². The topological polar surface area (TPSA) is 65.0 Å². The minimum absolute atomic E-state index is 0.0347. The molecule has 0 radical (unpaired) electrons. The predicted molar refractivity (Wildman–Crippen MR) is 148 cm³/mol. The van der Waals surface area contributed by atoms with E-state index in [0.717, 1.165) is 28.8 Å². The van der Waals surface area contributed by atoms with Crippen molar-refractivity contribution in [1.82, 2.24) is 0 Å². The molecule has 0 aromatic heterocycles. The van der Waals surface area contributed by atoms with Gasteiger partial charge in [0, 0.05) is 34.9 Å². The SMILES string of the molecule is CCCOC(=O)C1C(C)=NC2=C(C(=O)C[C@@H](c3ccccc3)C2)[C@H]1c1ccccc1OCc1ccccc1. The summed E-state index contributed by atoms with van der Waals surface area (Å²) in [5.41, 5.74) is 5.06. The quantitative estimate of drug-likeness (QED) is 0.315. The average molecular weight is 508 g/mol. The van der Waals surface area contributed by atoms with E-state index in [1.807, 2.05) is 86.6 Å². The van der Waals surface area contributed by atoms with E-state index in [2.05, 4.69) is 12.1 Å². The lowest BCUT2D eigenvalue weighted by atomic mass is 9.69. The van der Waals surface area contributed by atoms with Gasteiger partial charge in [0.15, 0.2) is 5.78 Å². The Balaban J connectivity index is 1.56. The van der Waals surface area contributed by atoms with Gasteiger partial charge in [-0.25, -0.2) is 0 Å². The molecule has 1 unspecified atom stereocenters. The number of rotatable bonds is 8. The summed E-state index contributed by atoms with van der Waals surface area (Å²) >= 11 is 0. The monoisotopic (exact) mass is 507 g/mol. The van der Waals surface area contributed by atoms with Crippen molar-refractivity contribution < 1.29 is 19.1 Å². The average Bonchev–Trinajstić information content (AvgIpc) is 2.95. The standard InChI is InChI=1S/C33H33NO4/c1-3-18-37-33(36)30-22(2)34-27-19-25(24-14-8-5-9-15-24)20-28(35)32(27)31(30)26-16-10-11-17-29(26)38-21-23-12-6-4-7-13-23/h4-17,25,30-31H,3,18-21H2,1-2H3/t25-,30?,31-/m0/s1. The van der Waals surface area contributed by atoms with Crippen LogP contribution in [-0.2, 0) is 20.9 Å². The number of aliphatic imine (C=N–C) groups is 1. The number of hydrogen-bond donors (Lipinski definition) is 0. The highest BCUT2D eigenvalue weighted by atomic mass is 16.5. The molecule has 38 heavy (non-hydrogen) atoms. The first-order valence-electron chi connectivity index (χ1n) is 13.4. The summed E-state index contributed by atoms with van der Waals surface area (Å²) in [6.07, 6.45) is 1.77. The summed E-state index contributed by atoms with van der Waals surface area (Å²) < 4.78 is 11.9. The van der Waals surface area contributed by atoms with Crippen LogP contribution in [0.3, 0.4) is 0 Å². The summed E-state index contributed by atoms with van der Waals surface area (Å²) in [4.78, 5) is 32.2. The maximum Gasteiger partial charge on any atom is 0.315 e. The van der Waals surface area contributed by atoms with Crippen LogP contribution in [0.1, 0.15) is 61.6 Å². The lowest BCUT2D eigenvalue weighted by Crippen LogP contribution is -2.38. The number of allylic oxidation sites excluding steroid dienone is 2. The molecule has 0 fully saturated rings. The van der Waals surface area contributed by atoms with Gasteiger partial charge in [0.05, 0.1) is 6.61 Å². The van der Waals surface area contributed by atoms with E-state index in [4.69, 9.17) is 14.5 Å². The van der Waals surface area contributed by atoms with Crippen LogP contribution >= 0.6 is 0 Å². The highest BCUT2D eigenvalue weighted by molar-refractivity contribution is 6.09. The Kier molecular flexibility index (Phi) is 7.83. The molecule has 2 aliphatic rings. The van der Waals surface area contributed by atoms with Crippen molar-refractivity contribution in [2.45, 2.75) is 51.6 Å². The summed E-state index contributed by atoms with van der Waals surface area (Å²) in [5.74, 6) is -0.781. The molecule has 3 aromatic rings. The summed E-state index contributed by atoms with van der Waals surface area (Å²) in [6, 6.07) is 27.8. The van der Waals surface area contributed by atoms with Crippen molar-refractivity contribution in [2.75, 3.05) is 6.61 Å². The molecule has 5 rings (SSSR count). The first-order chi connectivity index (χ1) is 18.6. The van der Waals surface area contributed by atoms with E-state index < -0.39 is 11.8 Å². The molecule has 3 aromatic carbocycles. The Morgan fingerprint density at radius 3 is 2.34 bits per heavy atom. The molecule has 1 aliphatic heterocycles. The zero-order chi connectivity index (χ0) is 26.5. The smallest absolute Gasteiger partial charge is 0.315 e. The van der Waals surface area contributed by atoms with Crippen LogP contribution in [0.4, 0.5) is 0 Å². The van der Waals surface area contributed by atoms with Gasteiger partial charge in [-0.2, -0.15) is 0 Å². The fourth-order valence-corrected chi connectivity index (χ4v) is 5.56. The molecule has 3 atom stereocenters. The second-order valence-electron chi connectivity index (χ2n) is 9.99. The van der Waals surface area contributed by atoms with Crippen LogP contribution in [0.5, 0.6) is 5.75 Å². The third-order valence-corrected chi connectivity index (χ3v) is 7.35. The molecule has 0 bridgehead atoms. The van der Waals surface area contributed by atoms with Gasteiger partial charge < -0.3 is 9.47 Å². The lowest BCUT2D eigenvalue weighted by molar-refractivity contribution is -0.146. The number of hydrogen-bond acceptors (Lipinski definition) is 5. The maximum absolute atomic E-state index is 13.9. The van der Waals surface area contributed by atoms with Crippen LogP contribution in [0, 0.1) is 5.92 Å². The van der Waals surface area contributed by atoms with Gasteiger partial charge in [0.1, 0.15) is 18.3 Å². The Bertz CT molecular complexity index is 1360. The Morgan fingerprint density at radius 1 is 0.921 bits per heavy atom. The van der Waals surface area contributed by atoms with Crippen LogP contribution in [0.15, 0.2) is 101 Å². The third-order valence-electron chi connectivity index (χ3n) is 7.35. The van der Waals surface area contributed by atoms with Gasteiger partial charge in [0.2, 0.25) is 0 Å². The molecule has 0 spiro atoms. The van der Waals surface area contributed by atoms with Crippen molar-refractivity contribution in [3.05, 3.63) is 113 Å². The second-order valence-corrected chi connectivity index (χ2v) is 9.99. The molecule has 194 valence electrons. The highest BCUT2D eigenvalue weighted by Gasteiger charge is 2.45. The largest absolute Gasteiger partial charge is 0.489 e. The maximum atomic E-state index is 13.9. The number of esters is 1. The van der Waals surface area contributed by atoms with Crippen LogP contribution in [-0.4, -0.2) is 24.1 Å². The van der Waals surface area contributed by atoms with Gasteiger partial charge in [-0.15, -0.1) is 0 Å². The first-order valence-corrected chi connectivity index (χ1v) is 13.4. The molecule has 0 saturated heterocycles. The van der Waals surface area contributed by atoms with E-state index >= 15 is 0 Å². The lowest BCUT2D eigenvalue weighted by Gasteiger charge is -2.37. The number of Topliss-reactive ketones (excluding diaryl/α,β-unsaturated/α-hetero) is 1. The molecule has 0 saturated carbocycles. The first kappa shape index (κ1) is 25.7. The minimum Gasteiger partial charge on any atom is -0.489 e. The second kappa shape index (κ2) is 11.6. The predicted octanol–water partition coefficient (Wildman–Crippen LogP) is 6.79. The zero-order valence-corrected chi connectivity index (χ0v) is 21.9. The van der Waals surface area contributed by atoms with Crippen LogP contribution in [0.2, 0.25) is 0 Å². The molecular weight excluding hydrogens is 474 g/mol. The summed E-state index contributed by atoms with van der Waals surface area (Å²) in [5, 5.41) is 0. The normalized spacial score (nSPS) is 20.9. The number of carbonyl (C=O) groups is 2. The van der Waals surface area contributed by atoms with E-state index in [0.29, 0.717) is 43.1 Å². The number of carbonyl (C=O) groups excluding carboxylic acids is 2. The van der Waals surface area contributed by atoms with Crippen molar-refractivity contribution in [3.8, 4) is 5.75 Å². The number of ketones is 1. The number of ether oxygens (including phenoxy) is 2. The fourth-order valence-electron chi connectivity index (χ4n) is 5.56. The zero-order valence-electron chi connectivity index (χ0n) is 21.9. The van der Waals surface area contributed by atoms with Crippen LogP contribution in [0.25, 0.3) is 0 Å². The number of para-hydroxylation sites is 1. The molecular formula is C33H33NO4. The van der Waals surface area contributed by atoms with Gasteiger partial charge >= 0.3 is 5.97 Å². The summed E-state index contributed by atoms with van der Waals surface area (Å²) in [7, 11) is 0. The molecule has 5 heteroatoms. The molecule has 5 nitrogen and oxygen atoms in total. The minimum atomic E-state index is -0.681. The van der Waals surface area contributed by atoms with E-state index in [-0.39, 0.29) is 17.7 Å².